The molecule has 3 aromatic carbocycles. The Morgan fingerprint density at radius 3 is 1.83 bits per heavy atom. The molecule has 0 amide bonds. The molecule has 0 bridgehead atoms. The molecule has 0 unspecified atom stereocenters. The van der Waals surface area contributed by atoms with Crippen molar-refractivity contribution in [2.24, 2.45) is 5.16 Å². The van der Waals surface area contributed by atoms with Gasteiger partial charge in [0.1, 0.15) is 12.0 Å². The number of rotatable bonds is 7. The van der Waals surface area contributed by atoms with Crippen LogP contribution in [-0.4, -0.2) is 20.3 Å². The van der Waals surface area contributed by atoms with Crippen molar-refractivity contribution in [3.05, 3.63) is 90.5 Å². The van der Waals surface area contributed by atoms with Gasteiger partial charge in [-0.15, -0.1) is 0 Å². The van der Waals surface area contributed by atoms with Gasteiger partial charge in [-0.05, 0) is 26.0 Å². The summed E-state index contributed by atoms with van der Waals surface area (Å²) in [6.07, 6.45) is 0.0739. The first-order valence-electron chi connectivity index (χ1n) is 9.05. The fourth-order valence-electron chi connectivity index (χ4n) is 2.88. The second kappa shape index (κ2) is 8.76. The zero-order valence-corrected chi connectivity index (χ0v) is 17.9. The lowest BCUT2D eigenvalue weighted by Gasteiger charge is -2.19. The van der Waals surface area contributed by atoms with Crippen molar-refractivity contribution >= 4 is 33.6 Å². The van der Waals surface area contributed by atoms with Crippen LogP contribution >= 0.6 is 7.14 Å². The van der Waals surface area contributed by atoms with Crippen molar-refractivity contribution < 1.29 is 17.3 Å². The topological polar surface area (TPSA) is 72.8 Å². The highest BCUT2D eigenvalue weighted by atomic mass is 32.2. The van der Waals surface area contributed by atoms with E-state index in [9.17, 15) is 13.0 Å². The van der Waals surface area contributed by atoms with Gasteiger partial charge in [-0.25, -0.2) is 0 Å². The fourth-order valence-corrected chi connectivity index (χ4v) is 6.33. The lowest BCUT2D eigenvalue weighted by Crippen LogP contribution is -2.21. The molecule has 29 heavy (non-hydrogen) atoms. The third-order valence-corrected chi connectivity index (χ3v) is 8.69. The molecule has 0 atom stereocenters. The average molecular weight is 427 g/mol. The number of nitrogens with zero attached hydrogens (tertiary/aromatic N) is 1. The van der Waals surface area contributed by atoms with Gasteiger partial charge in [-0.2, -0.15) is 8.42 Å². The van der Waals surface area contributed by atoms with Crippen LogP contribution in [0.4, 0.5) is 0 Å². The Kier molecular flexibility index (Phi) is 6.36. The first-order valence-corrected chi connectivity index (χ1v) is 12.4. The minimum atomic E-state index is -4.03. The smallest absolute Gasteiger partial charge is 0.313 e. The molecule has 3 rings (SSSR count). The lowest BCUT2D eigenvalue weighted by molar-refractivity contribution is 0.338. The highest BCUT2D eigenvalue weighted by Crippen LogP contribution is 2.43. The first kappa shape index (κ1) is 21.0. The molecule has 0 saturated carbocycles. The van der Waals surface area contributed by atoms with E-state index in [4.69, 9.17) is 4.28 Å². The summed E-state index contributed by atoms with van der Waals surface area (Å²) >= 11 is 0. The molecule has 0 aromatic heterocycles. The van der Waals surface area contributed by atoms with Crippen molar-refractivity contribution in [2.75, 3.05) is 6.16 Å². The van der Waals surface area contributed by atoms with Gasteiger partial charge in [0, 0.05) is 10.6 Å². The molecule has 0 aliphatic heterocycles. The largest absolute Gasteiger partial charge is 0.358 e. The number of benzene rings is 3. The summed E-state index contributed by atoms with van der Waals surface area (Å²) in [7, 11) is -7.08. The van der Waals surface area contributed by atoms with Gasteiger partial charge in [-0.1, -0.05) is 83.5 Å². The van der Waals surface area contributed by atoms with E-state index < -0.39 is 17.3 Å². The maximum atomic E-state index is 14.0. The quantitative estimate of drug-likeness (QED) is 0.323. The zero-order chi connectivity index (χ0) is 20.9. The van der Waals surface area contributed by atoms with E-state index in [1.807, 2.05) is 67.6 Å². The lowest BCUT2D eigenvalue weighted by atomic mass is 10.2. The molecule has 150 valence electrons. The van der Waals surface area contributed by atoms with E-state index in [2.05, 4.69) is 5.16 Å². The van der Waals surface area contributed by atoms with Crippen LogP contribution in [0.15, 0.2) is 95.0 Å². The van der Waals surface area contributed by atoms with Gasteiger partial charge in [0.05, 0.1) is 11.9 Å². The molecule has 0 spiro atoms. The van der Waals surface area contributed by atoms with Gasteiger partial charge in [0.25, 0.3) is 0 Å². The number of hydrogen-bond acceptors (Lipinski definition) is 5. The van der Waals surface area contributed by atoms with Gasteiger partial charge in [0.2, 0.25) is 0 Å². The van der Waals surface area contributed by atoms with E-state index in [1.54, 1.807) is 19.1 Å². The van der Waals surface area contributed by atoms with Crippen LogP contribution in [0, 0.1) is 6.92 Å². The van der Waals surface area contributed by atoms with Crippen LogP contribution in [0.3, 0.4) is 0 Å². The van der Waals surface area contributed by atoms with Crippen molar-refractivity contribution in [1.82, 2.24) is 0 Å². The summed E-state index contributed by atoms with van der Waals surface area (Å²) in [5.41, 5.74) is 1.27. The van der Waals surface area contributed by atoms with E-state index in [0.717, 1.165) is 5.56 Å². The van der Waals surface area contributed by atoms with E-state index in [0.29, 0.717) is 16.3 Å². The Morgan fingerprint density at radius 1 is 0.862 bits per heavy atom. The minimum Gasteiger partial charge on any atom is -0.313 e. The molecule has 0 N–H and O–H groups in total. The summed E-state index contributed by atoms with van der Waals surface area (Å²) in [4.78, 5) is 0.0222. The van der Waals surface area contributed by atoms with Gasteiger partial charge in [-0.3, -0.25) is 4.28 Å². The number of hydrogen-bond donors (Lipinski definition) is 0. The summed E-state index contributed by atoms with van der Waals surface area (Å²) in [5, 5.41) is 5.15. The fraction of sp³-hybridized carbons (Fsp3) is 0.136. The normalized spacial score (nSPS) is 12.6. The zero-order valence-electron chi connectivity index (χ0n) is 16.2. The number of aryl methyl sites for hydroxylation is 1. The Labute approximate surface area is 171 Å². The average Bonchev–Trinajstić information content (AvgIpc) is 2.74. The third kappa shape index (κ3) is 5.03. The maximum Gasteiger partial charge on any atom is 0.358 e. The molecule has 7 heteroatoms. The minimum absolute atomic E-state index is 0.0222. The molecule has 0 aliphatic rings. The Hall–Kier alpha value is -2.69. The van der Waals surface area contributed by atoms with E-state index >= 15 is 0 Å². The molecule has 0 aliphatic carbocycles. The Bertz CT molecular complexity index is 1100. The van der Waals surface area contributed by atoms with Crippen molar-refractivity contribution in [1.29, 1.82) is 0 Å². The second-order valence-corrected chi connectivity index (χ2v) is 11.1. The van der Waals surface area contributed by atoms with Crippen molar-refractivity contribution in [3.8, 4) is 0 Å². The molecular weight excluding hydrogens is 405 g/mol. The third-order valence-electron chi connectivity index (χ3n) is 4.40. The molecule has 0 saturated heterocycles. The van der Waals surface area contributed by atoms with E-state index in [-0.39, 0.29) is 11.1 Å². The molecule has 0 heterocycles. The van der Waals surface area contributed by atoms with Crippen LogP contribution in [0.1, 0.15) is 12.5 Å². The van der Waals surface area contributed by atoms with Gasteiger partial charge in [0.15, 0.2) is 0 Å². The first-order chi connectivity index (χ1) is 13.8. The molecular formula is C22H22NO4PS. The highest BCUT2D eigenvalue weighted by Gasteiger charge is 2.28. The van der Waals surface area contributed by atoms with E-state index in [1.165, 1.54) is 12.1 Å². The van der Waals surface area contributed by atoms with Crippen LogP contribution in [0.5, 0.6) is 0 Å². The maximum absolute atomic E-state index is 14.0. The monoisotopic (exact) mass is 427 g/mol. The van der Waals surface area contributed by atoms with Crippen molar-refractivity contribution in [3.63, 3.8) is 0 Å². The molecule has 0 radical (unpaired) electrons. The predicted octanol–water partition coefficient (Wildman–Crippen LogP) is 4.09. The molecule has 0 fully saturated rings. The van der Waals surface area contributed by atoms with Crippen LogP contribution < -0.4 is 10.6 Å². The Morgan fingerprint density at radius 2 is 1.34 bits per heavy atom. The molecule has 5 nitrogen and oxygen atoms in total. The van der Waals surface area contributed by atoms with Gasteiger partial charge >= 0.3 is 10.1 Å². The Balaban J connectivity index is 1.88. The summed E-state index contributed by atoms with van der Waals surface area (Å²) in [6.45, 7) is 3.48. The number of oxime groups is 1. The SMILES string of the molecule is C/C(CP(=O)(c1ccccc1)c1ccccc1)=N\OS(=O)(=O)c1ccc(C)cc1. The summed E-state index contributed by atoms with van der Waals surface area (Å²) in [5.74, 6) is 0. The highest BCUT2D eigenvalue weighted by molar-refractivity contribution is 7.86. The standard InChI is InChI=1S/C22H22NO4PS/c1-18-13-15-22(16-14-18)29(25,26)27-23-19(2)17-28(24,20-9-5-3-6-10-20)21-11-7-4-8-12-21/h3-16H,17H2,1-2H3/b23-19+. The predicted molar refractivity (Wildman–Crippen MR) is 117 cm³/mol. The van der Waals surface area contributed by atoms with Crippen LogP contribution in [0.25, 0.3) is 0 Å². The van der Waals surface area contributed by atoms with Crippen molar-refractivity contribution in [2.45, 2.75) is 18.7 Å². The van der Waals surface area contributed by atoms with Crippen LogP contribution in [0.2, 0.25) is 0 Å². The van der Waals surface area contributed by atoms with Crippen LogP contribution in [-0.2, 0) is 19.0 Å². The van der Waals surface area contributed by atoms with Gasteiger partial charge < -0.3 is 4.57 Å². The molecule has 3 aromatic rings. The summed E-state index contributed by atoms with van der Waals surface area (Å²) in [6, 6.07) is 24.6. The second-order valence-electron chi connectivity index (χ2n) is 6.74. The summed E-state index contributed by atoms with van der Waals surface area (Å²) < 4.78 is 43.6.